The molecule has 598 valence electrons. The van der Waals surface area contributed by atoms with E-state index in [-0.39, 0.29) is 89.8 Å². The second kappa shape index (κ2) is 37.2. The number of nitrogens with zero attached hydrogens (tertiary/aromatic N) is 10. The molecule has 0 radical (unpaired) electrons. The Morgan fingerprint density at radius 3 is 1.91 bits per heavy atom. The van der Waals surface area contributed by atoms with E-state index in [1.54, 1.807) is 19.9 Å². The number of halogens is 4. The maximum absolute atomic E-state index is 16.0. The van der Waals surface area contributed by atoms with Gasteiger partial charge in [0.05, 0.1) is 31.5 Å². The molecule has 12 amide bonds. The molecule has 7 aliphatic rings. The number of amides is 12. The van der Waals surface area contributed by atoms with Crippen LogP contribution < -0.4 is 10.6 Å². The molecule has 1 spiro atoms. The maximum Gasteiger partial charge on any atom is 0.393 e. The summed E-state index contributed by atoms with van der Waals surface area (Å²) in [5, 5.41) is 4.60. The smallest absolute Gasteiger partial charge is 0.377 e. The van der Waals surface area contributed by atoms with Gasteiger partial charge < -0.3 is 64.4 Å². The number of nitrogens with one attached hydrogen (secondary N) is 2. The fraction of sp³-hybridized carbons (Fsp3) is 0.818. The number of hydrogen-bond donors (Lipinski definition) is 2. The van der Waals surface area contributed by atoms with Crippen LogP contribution in [0.1, 0.15) is 196 Å². The molecule has 25 nitrogen and oxygen atoms in total. The van der Waals surface area contributed by atoms with Crippen molar-refractivity contribution in [2.24, 2.45) is 40.9 Å². The molecule has 7 rings (SSSR count). The SMILES string of the molecule is CCC[C@H]1C(=O)N[C@@H]([C@@H](C)CC)C(=O)N(C)CC(=O)N(C)[C@H]2C/C=C\CCN(C2=O)[C@@H](CC2CCC(C)CC2)C(=O)N(C)CC(=O)N[C@@H](CCC2CCC(Cl)C(C(F)(F)F)C2)C(=O)N2C[C@H](OCC)C[C@H]2C(=O)N(C)C2(CC(C)(C)C2)C(=O)N(C)[C@@H](C2CCCC2)C(=O)N(C)[C@H](C(=O)N(C)C)CC(=O)N1C. The monoisotopic (exact) mass is 1520 g/mol. The Bertz CT molecular complexity index is 3170. The molecule has 4 saturated carbocycles. The van der Waals surface area contributed by atoms with Gasteiger partial charge in [0.2, 0.25) is 70.9 Å². The molecule has 0 aromatic carbocycles. The highest BCUT2D eigenvalue weighted by atomic mass is 35.5. The molecule has 13 atom stereocenters. The van der Waals surface area contributed by atoms with E-state index in [1.165, 1.54) is 112 Å². The molecule has 0 aromatic rings. The Hall–Kier alpha value is -6.58. The highest BCUT2D eigenvalue weighted by Gasteiger charge is 2.62. The van der Waals surface area contributed by atoms with Crippen LogP contribution in [0.25, 0.3) is 0 Å². The van der Waals surface area contributed by atoms with Gasteiger partial charge in [0.1, 0.15) is 53.9 Å². The molecular formula is C77H124ClF3N12O13. The first kappa shape index (κ1) is 86.7. The number of alkyl halides is 4. The standard InChI is InChI=1S/C77H124ClF3N12O13/c1-17-25-56-66(97)83-64(48(5)18-2)72(103)86(11)44-63(96)88(13)57-28-21-20-24-37-92(71(57)102)59(39-50-31-29-47(4)30-32-50)69(100)85(10)43-61(94)82-55(36-34-49-33-35-54(78)53(38-49)77(79,80)81)67(98)93-42-52(106-19-3)40-60(93)70(101)91(16)76(45-75(6,7)46-76)74(105)90(15)65(51-26-22-23-27-51)73(104)89(14)58(68(99)84(8)9)41-62(95)87(56)12/h20-21,47-60,64-65H,17-19,22-46H2,1-16H3,(H,82,94)(H,83,97)/b21-20-/t47?,48-,49?,50?,52+,53?,54?,55-,56-,57-,58-,59-,60-,64-,65-/m0/s1. The average molecular weight is 1520 g/mol. The zero-order valence-corrected chi connectivity index (χ0v) is 66.7. The van der Waals surface area contributed by atoms with Crippen molar-refractivity contribution in [3.05, 3.63) is 12.2 Å². The van der Waals surface area contributed by atoms with Crippen LogP contribution in [0.2, 0.25) is 0 Å². The highest BCUT2D eigenvalue weighted by molar-refractivity contribution is 6.20. The third-order valence-electron chi connectivity index (χ3n) is 24.5. The van der Waals surface area contributed by atoms with Crippen LogP contribution in [0.15, 0.2) is 12.2 Å². The molecule has 106 heavy (non-hydrogen) atoms. The summed E-state index contributed by atoms with van der Waals surface area (Å²) in [4.78, 5) is 196. The fourth-order valence-corrected chi connectivity index (χ4v) is 18.3. The van der Waals surface area contributed by atoms with Crippen molar-refractivity contribution in [1.82, 2.24) is 59.6 Å². The molecular weight excluding hydrogens is 1390 g/mol. The number of likely N-dealkylation sites (N-methyl/N-ethyl adjacent to an activating group) is 8. The fourth-order valence-electron chi connectivity index (χ4n) is 17.9. The van der Waals surface area contributed by atoms with Gasteiger partial charge in [0.25, 0.3) is 0 Å². The van der Waals surface area contributed by atoms with Gasteiger partial charge in [-0.05, 0) is 125 Å². The molecule has 3 heterocycles. The zero-order valence-electron chi connectivity index (χ0n) is 66.0. The first-order chi connectivity index (χ1) is 49.7. The van der Waals surface area contributed by atoms with Crippen molar-refractivity contribution < 1.29 is 75.4 Å². The first-order valence-electron chi connectivity index (χ1n) is 39.0. The largest absolute Gasteiger partial charge is 0.393 e. The van der Waals surface area contributed by atoms with Gasteiger partial charge in [0.15, 0.2) is 0 Å². The normalized spacial score (nSPS) is 32.0. The summed E-state index contributed by atoms with van der Waals surface area (Å²) in [5.74, 6) is -10.7. The first-order valence-corrected chi connectivity index (χ1v) is 39.4. The summed E-state index contributed by atoms with van der Waals surface area (Å²) in [6, 6.07) is -10.2. The van der Waals surface area contributed by atoms with Crippen LogP contribution in [-0.2, 0) is 62.3 Å². The third-order valence-corrected chi connectivity index (χ3v) is 25.1. The second-order valence-electron chi connectivity index (χ2n) is 33.1. The van der Waals surface area contributed by atoms with Crippen LogP contribution in [0.3, 0.4) is 0 Å². The highest BCUT2D eigenvalue weighted by Crippen LogP contribution is 2.53. The number of fused-ring (bicyclic) bond motifs is 3. The Labute approximate surface area is 631 Å². The van der Waals surface area contributed by atoms with E-state index in [2.05, 4.69) is 17.6 Å². The van der Waals surface area contributed by atoms with Crippen LogP contribution >= 0.6 is 11.6 Å². The molecule has 4 aliphatic carbocycles. The van der Waals surface area contributed by atoms with Crippen LogP contribution in [0.5, 0.6) is 0 Å². The molecule has 29 heteroatoms. The lowest BCUT2D eigenvalue weighted by molar-refractivity contribution is -0.184. The van der Waals surface area contributed by atoms with E-state index in [1.807, 2.05) is 33.8 Å². The van der Waals surface area contributed by atoms with E-state index < -0.39 is 191 Å². The Morgan fingerprint density at radius 2 is 1.31 bits per heavy atom. The molecule has 3 aliphatic heterocycles. The number of hydrogen-bond acceptors (Lipinski definition) is 13. The van der Waals surface area contributed by atoms with Crippen LogP contribution in [0, 0.1) is 40.9 Å². The summed E-state index contributed by atoms with van der Waals surface area (Å²) in [6.45, 7) is 12.1. The number of carbonyl (C=O) groups excluding carboxylic acids is 12. The van der Waals surface area contributed by atoms with Crippen molar-refractivity contribution in [2.45, 2.75) is 268 Å². The summed E-state index contributed by atoms with van der Waals surface area (Å²) < 4.78 is 49.8. The zero-order chi connectivity index (χ0) is 78.8. The van der Waals surface area contributed by atoms with Crippen LogP contribution in [0.4, 0.5) is 13.2 Å². The average Bonchev–Trinajstić information content (AvgIpc) is 0.883. The van der Waals surface area contributed by atoms with E-state index in [4.69, 9.17) is 16.3 Å². The Balaban J connectivity index is 1.34. The van der Waals surface area contributed by atoms with Gasteiger partial charge >= 0.3 is 6.18 Å². The quantitative estimate of drug-likeness (QED) is 0.141. The van der Waals surface area contributed by atoms with E-state index >= 15 is 28.8 Å². The van der Waals surface area contributed by atoms with Crippen molar-refractivity contribution in [3.8, 4) is 0 Å². The minimum absolute atomic E-state index is 0.0131. The molecule has 2 bridgehead atoms. The van der Waals surface area contributed by atoms with E-state index in [0.29, 0.717) is 44.4 Å². The molecule has 0 aromatic heterocycles. The molecule has 6 fully saturated rings. The number of carbonyl (C=O) groups is 12. The van der Waals surface area contributed by atoms with Gasteiger partial charge in [-0.2, -0.15) is 13.2 Å². The summed E-state index contributed by atoms with van der Waals surface area (Å²) >= 11 is 6.32. The van der Waals surface area contributed by atoms with Crippen molar-refractivity contribution in [3.63, 3.8) is 0 Å². The Morgan fingerprint density at radius 1 is 0.679 bits per heavy atom. The lowest BCUT2D eigenvalue weighted by Crippen LogP contribution is -2.71. The maximum atomic E-state index is 16.0. The van der Waals surface area contributed by atoms with Crippen molar-refractivity contribution >= 4 is 82.5 Å². The molecule has 2 saturated heterocycles. The number of ether oxygens (including phenoxy) is 1. The predicted octanol–water partition coefficient (Wildman–Crippen LogP) is 6.86. The van der Waals surface area contributed by atoms with Gasteiger partial charge in [-0.15, -0.1) is 11.6 Å². The lowest BCUT2D eigenvalue weighted by Gasteiger charge is -2.58. The summed E-state index contributed by atoms with van der Waals surface area (Å²) in [6.07, 6.45) is 5.11. The molecule has 3 unspecified atom stereocenters. The topological polar surface area (TPSA) is 271 Å². The minimum atomic E-state index is -4.60. The van der Waals surface area contributed by atoms with Gasteiger partial charge in [-0.25, -0.2) is 0 Å². The third kappa shape index (κ3) is 20.5. The van der Waals surface area contributed by atoms with E-state index in [9.17, 15) is 41.9 Å². The van der Waals surface area contributed by atoms with Gasteiger partial charge in [-0.3, -0.25) is 57.5 Å². The van der Waals surface area contributed by atoms with Crippen molar-refractivity contribution in [2.75, 3.05) is 96.2 Å². The minimum Gasteiger partial charge on any atom is -0.377 e. The predicted molar refractivity (Wildman–Crippen MR) is 394 cm³/mol. The van der Waals surface area contributed by atoms with Crippen molar-refractivity contribution in [1.29, 1.82) is 0 Å². The van der Waals surface area contributed by atoms with E-state index in [0.717, 1.165) is 38.5 Å². The second-order valence-corrected chi connectivity index (χ2v) is 33.7. The lowest BCUT2D eigenvalue weighted by atomic mass is 9.57. The van der Waals surface area contributed by atoms with Gasteiger partial charge in [0, 0.05) is 94.9 Å². The Kier molecular flexibility index (Phi) is 30.4. The summed E-state index contributed by atoms with van der Waals surface area (Å²) in [5.41, 5.74) is -2.15. The summed E-state index contributed by atoms with van der Waals surface area (Å²) in [7, 11) is 13.1. The van der Waals surface area contributed by atoms with Gasteiger partial charge in [-0.1, -0.05) is 105 Å². The number of rotatable bonds is 13. The molecule has 2 N–H and O–H groups in total. The van der Waals surface area contributed by atoms with Crippen LogP contribution in [-0.4, -0.2) is 288 Å².